The number of piperazine rings is 1. The van der Waals surface area contributed by atoms with E-state index in [2.05, 4.69) is 5.32 Å². The number of halogens is 1. The van der Waals surface area contributed by atoms with Gasteiger partial charge in [0.1, 0.15) is 4.90 Å². The van der Waals surface area contributed by atoms with E-state index in [0.717, 1.165) is 4.31 Å². The Morgan fingerprint density at radius 2 is 2.11 bits per heavy atom. The summed E-state index contributed by atoms with van der Waals surface area (Å²) >= 11 is 5.88. The van der Waals surface area contributed by atoms with Gasteiger partial charge in [-0.2, -0.15) is 4.31 Å². The van der Waals surface area contributed by atoms with E-state index in [1.807, 2.05) is 0 Å². The predicted octanol–water partition coefficient (Wildman–Crippen LogP) is 0.0427. The molecule has 2 rings (SSSR count). The summed E-state index contributed by atoms with van der Waals surface area (Å²) in [6, 6.07) is 4.48. The second-order valence-electron chi connectivity index (χ2n) is 3.85. The van der Waals surface area contributed by atoms with E-state index in [0.29, 0.717) is 0 Å². The summed E-state index contributed by atoms with van der Waals surface area (Å²) in [6.07, 6.45) is 0. The van der Waals surface area contributed by atoms with Crippen LogP contribution in [0.1, 0.15) is 0 Å². The molecule has 0 atom stereocenters. The third kappa shape index (κ3) is 2.29. The van der Waals surface area contributed by atoms with Gasteiger partial charge in [0.05, 0.1) is 17.3 Å². The first kappa shape index (κ1) is 13.1. The van der Waals surface area contributed by atoms with Crippen LogP contribution in [0.3, 0.4) is 0 Å². The van der Waals surface area contributed by atoms with Crippen molar-refractivity contribution in [1.29, 1.82) is 0 Å². The largest absolute Gasteiger partial charge is 0.398 e. The van der Waals surface area contributed by atoms with Crippen molar-refractivity contribution in [2.24, 2.45) is 0 Å². The number of hydrogen-bond acceptors (Lipinski definition) is 4. The maximum atomic E-state index is 12.4. The smallest absolute Gasteiger partial charge is 0.247 e. The van der Waals surface area contributed by atoms with Gasteiger partial charge in [-0.15, -0.1) is 0 Å². The molecule has 0 saturated carbocycles. The first-order valence-corrected chi connectivity index (χ1v) is 7.05. The van der Waals surface area contributed by atoms with Gasteiger partial charge in [0, 0.05) is 13.1 Å². The Hall–Kier alpha value is -1.31. The average Bonchev–Trinajstić information content (AvgIpc) is 2.28. The number of hydrogen-bond donors (Lipinski definition) is 2. The van der Waals surface area contributed by atoms with Crippen LogP contribution in [0.15, 0.2) is 23.1 Å². The number of nitrogens with one attached hydrogen (secondary N) is 1. The zero-order valence-electron chi connectivity index (χ0n) is 9.39. The average molecular weight is 290 g/mol. The van der Waals surface area contributed by atoms with Gasteiger partial charge in [-0.3, -0.25) is 4.79 Å². The molecule has 0 spiro atoms. The molecular formula is C10H12ClN3O3S. The molecule has 18 heavy (non-hydrogen) atoms. The third-order valence-corrected chi connectivity index (χ3v) is 4.99. The molecule has 98 valence electrons. The van der Waals surface area contributed by atoms with Crippen LogP contribution in [-0.4, -0.2) is 38.3 Å². The van der Waals surface area contributed by atoms with Gasteiger partial charge in [-0.25, -0.2) is 8.42 Å². The van der Waals surface area contributed by atoms with Gasteiger partial charge in [0.2, 0.25) is 15.9 Å². The van der Waals surface area contributed by atoms with Crippen molar-refractivity contribution >= 4 is 33.2 Å². The van der Waals surface area contributed by atoms with Crippen molar-refractivity contribution in [3.63, 3.8) is 0 Å². The molecule has 0 bridgehead atoms. The van der Waals surface area contributed by atoms with Crippen LogP contribution in [-0.2, 0) is 14.8 Å². The summed E-state index contributed by atoms with van der Waals surface area (Å²) in [7, 11) is -3.84. The molecule has 3 N–H and O–H groups in total. The van der Waals surface area contributed by atoms with E-state index < -0.39 is 10.0 Å². The van der Waals surface area contributed by atoms with Crippen molar-refractivity contribution in [1.82, 2.24) is 9.62 Å². The maximum Gasteiger partial charge on any atom is 0.247 e. The highest BCUT2D eigenvalue weighted by molar-refractivity contribution is 7.89. The topological polar surface area (TPSA) is 92.5 Å². The summed E-state index contributed by atoms with van der Waals surface area (Å²) in [5.41, 5.74) is 5.74. The van der Waals surface area contributed by atoms with Crippen LogP contribution < -0.4 is 11.1 Å². The van der Waals surface area contributed by atoms with Crippen molar-refractivity contribution in [2.75, 3.05) is 25.4 Å². The standard InChI is InChI=1S/C10H12ClN3O3S/c11-7-2-1-3-8(12)10(7)18(16,17)14-5-4-13-9(15)6-14/h1-3H,4-6,12H2,(H,13,15). The van der Waals surface area contributed by atoms with Crippen molar-refractivity contribution in [3.05, 3.63) is 23.2 Å². The highest BCUT2D eigenvalue weighted by Crippen LogP contribution is 2.29. The van der Waals surface area contributed by atoms with Gasteiger partial charge in [0.15, 0.2) is 0 Å². The summed E-state index contributed by atoms with van der Waals surface area (Å²) in [5.74, 6) is -0.338. The van der Waals surface area contributed by atoms with E-state index in [4.69, 9.17) is 17.3 Å². The molecule has 1 aromatic carbocycles. The number of sulfonamides is 1. The summed E-state index contributed by atoms with van der Waals surface area (Å²) < 4.78 is 25.8. The summed E-state index contributed by atoms with van der Waals surface area (Å²) in [6.45, 7) is 0.272. The SMILES string of the molecule is Nc1cccc(Cl)c1S(=O)(=O)N1CCNC(=O)C1. The van der Waals surface area contributed by atoms with E-state index >= 15 is 0 Å². The van der Waals surface area contributed by atoms with E-state index in [1.165, 1.54) is 12.1 Å². The minimum atomic E-state index is -3.84. The number of nitrogens with two attached hydrogens (primary N) is 1. The molecule has 6 nitrogen and oxygen atoms in total. The molecule has 1 aliphatic rings. The van der Waals surface area contributed by atoms with Crippen LogP contribution >= 0.6 is 11.6 Å². The van der Waals surface area contributed by atoms with Crippen molar-refractivity contribution < 1.29 is 13.2 Å². The van der Waals surface area contributed by atoms with Gasteiger partial charge in [-0.05, 0) is 12.1 Å². The number of carbonyl (C=O) groups is 1. The molecule has 0 radical (unpaired) electrons. The number of benzene rings is 1. The van der Waals surface area contributed by atoms with Gasteiger partial charge < -0.3 is 11.1 Å². The summed E-state index contributed by atoms with van der Waals surface area (Å²) in [4.78, 5) is 11.1. The Labute approximate surface area is 110 Å². The van der Waals surface area contributed by atoms with E-state index in [-0.39, 0.29) is 41.1 Å². The molecule has 0 unspecified atom stereocenters. The van der Waals surface area contributed by atoms with Gasteiger partial charge in [-0.1, -0.05) is 17.7 Å². The van der Waals surface area contributed by atoms with Crippen LogP contribution in [0.2, 0.25) is 5.02 Å². The fraction of sp³-hybridized carbons (Fsp3) is 0.300. The Bertz CT molecular complexity index is 568. The quantitative estimate of drug-likeness (QED) is 0.752. The van der Waals surface area contributed by atoms with Crippen molar-refractivity contribution in [2.45, 2.75) is 4.90 Å². The second-order valence-corrected chi connectivity index (χ2v) is 6.13. The Morgan fingerprint density at radius 3 is 2.72 bits per heavy atom. The molecule has 1 aromatic rings. The number of nitrogen functional groups attached to an aromatic ring is 1. The molecule has 1 amide bonds. The fourth-order valence-electron chi connectivity index (χ4n) is 1.75. The minimum absolute atomic E-state index is 0.0565. The number of amides is 1. The lowest BCUT2D eigenvalue weighted by Gasteiger charge is -2.26. The lowest BCUT2D eigenvalue weighted by molar-refractivity contribution is -0.122. The number of nitrogens with zero attached hydrogens (tertiary/aromatic N) is 1. The highest BCUT2D eigenvalue weighted by atomic mass is 35.5. The zero-order valence-corrected chi connectivity index (χ0v) is 11.0. The molecule has 1 aliphatic heterocycles. The first-order chi connectivity index (χ1) is 8.43. The van der Waals surface area contributed by atoms with Crippen LogP contribution in [0.4, 0.5) is 5.69 Å². The minimum Gasteiger partial charge on any atom is -0.398 e. The monoisotopic (exact) mass is 289 g/mol. The Kier molecular flexibility index (Phi) is 3.47. The third-order valence-electron chi connectivity index (χ3n) is 2.60. The number of carbonyl (C=O) groups excluding carboxylic acids is 1. The normalized spacial score (nSPS) is 17.5. The zero-order chi connectivity index (χ0) is 13.3. The van der Waals surface area contributed by atoms with E-state index in [9.17, 15) is 13.2 Å². The maximum absolute atomic E-state index is 12.4. The lowest BCUT2D eigenvalue weighted by Crippen LogP contribution is -2.49. The molecule has 1 heterocycles. The number of anilines is 1. The van der Waals surface area contributed by atoms with E-state index in [1.54, 1.807) is 6.07 Å². The van der Waals surface area contributed by atoms with Crippen LogP contribution in [0.5, 0.6) is 0 Å². The van der Waals surface area contributed by atoms with Crippen LogP contribution in [0, 0.1) is 0 Å². The molecule has 0 aliphatic carbocycles. The van der Waals surface area contributed by atoms with Gasteiger partial charge >= 0.3 is 0 Å². The van der Waals surface area contributed by atoms with Crippen molar-refractivity contribution in [3.8, 4) is 0 Å². The fourth-order valence-corrected chi connectivity index (χ4v) is 3.78. The Balaban J connectivity index is 2.45. The second kappa shape index (κ2) is 4.75. The van der Waals surface area contributed by atoms with Gasteiger partial charge in [0.25, 0.3) is 0 Å². The Morgan fingerprint density at radius 1 is 1.39 bits per heavy atom. The highest BCUT2D eigenvalue weighted by Gasteiger charge is 2.32. The molecule has 1 fully saturated rings. The molecule has 0 aromatic heterocycles. The lowest BCUT2D eigenvalue weighted by atomic mass is 10.3. The molecular weight excluding hydrogens is 278 g/mol. The van der Waals surface area contributed by atoms with Crippen LogP contribution in [0.25, 0.3) is 0 Å². The first-order valence-electron chi connectivity index (χ1n) is 5.24. The molecule has 8 heteroatoms. The predicted molar refractivity (Wildman–Crippen MR) is 67.6 cm³/mol. The number of rotatable bonds is 2. The summed E-state index contributed by atoms with van der Waals surface area (Å²) in [5, 5.41) is 2.61. The molecule has 1 saturated heterocycles.